The molecular formula is C10H18N4O. The van der Waals surface area contributed by atoms with Gasteiger partial charge in [-0.05, 0) is 14.1 Å². The van der Waals surface area contributed by atoms with Crippen molar-refractivity contribution in [2.75, 3.05) is 33.7 Å². The van der Waals surface area contributed by atoms with Crippen LogP contribution in [0.2, 0.25) is 0 Å². The second kappa shape index (κ2) is 4.20. The summed E-state index contributed by atoms with van der Waals surface area (Å²) < 4.78 is 1.74. The van der Waals surface area contributed by atoms with Gasteiger partial charge >= 0.3 is 5.69 Å². The van der Waals surface area contributed by atoms with Crippen LogP contribution in [0.4, 0.5) is 0 Å². The van der Waals surface area contributed by atoms with Gasteiger partial charge in [0, 0.05) is 44.6 Å². The number of nitrogens with one attached hydrogen (secondary N) is 1. The highest BCUT2D eigenvalue weighted by molar-refractivity contribution is 4.83. The molecular weight excluding hydrogens is 192 g/mol. The van der Waals surface area contributed by atoms with Crippen LogP contribution in [0.25, 0.3) is 0 Å². The molecule has 1 aliphatic heterocycles. The van der Waals surface area contributed by atoms with Gasteiger partial charge in [-0.2, -0.15) is 0 Å². The quantitative estimate of drug-likeness (QED) is 0.710. The molecule has 5 nitrogen and oxygen atoms in total. The molecule has 0 radical (unpaired) electrons. The summed E-state index contributed by atoms with van der Waals surface area (Å²) in [6.07, 6.45) is 3.50. The zero-order valence-electron chi connectivity index (χ0n) is 9.31. The Morgan fingerprint density at radius 1 is 1.47 bits per heavy atom. The maximum absolute atomic E-state index is 11.4. The van der Waals surface area contributed by atoms with Crippen LogP contribution >= 0.6 is 0 Å². The van der Waals surface area contributed by atoms with E-state index in [1.807, 2.05) is 6.20 Å². The molecule has 1 atom stereocenters. The van der Waals surface area contributed by atoms with E-state index in [1.54, 1.807) is 10.8 Å². The Morgan fingerprint density at radius 2 is 2.27 bits per heavy atom. The molecule has 15 heavy (non-hydrogen) atoms. The van der Waals surface area contributed by atoms with E-state index in [2.05, 4.69) is 28.9 Å². The Morgan fingerprint density at radius 3 is 2.93 bits per heavy atom. The number of nitrogens with zero attached hydrogens (tertiary/aromatic N) is 3. The first-order valence-corrected chi connectivity index (χ1v) is 5.29. The van der Waals surface area contributed by atoms with Crippen molar-refractivity contribution in [3.8, 4) is 0 Å². The molecule has 1 saturated heterocycles. The first-order valence-electron chi connectivity index (χ1n) is 5.29. The Labute approximate surface area is 89.3 Å². The van der Waals surface area contributed by atoms with Gasteiger partial charge in [-0.25, -0.2) is 4.79 Å². The Kier molecular flexibility index (Phi) is 2.93. The summed E-state index contributed by atoms with van der Waals surface area (Å²) in [6, 6.07) is 0.428. The zero-order chi connectivity index (χ0) is 10.8. The Hall–Kier alpha value is -1.07. The summed E-state index contributed by atoms with van der Waals surface area (Å²) in [4.78, 5) is 18.6. The largest absolute Gasteiger partial charge is 0.325 e. The highest BCUT2D eigenvalue weighted by Gasteiger charge is 2.22. The van der Waals surface area contributed by atoms with Crippen LogP contribution in [0.5, 0.6) is 0 Å². The van der Waals surface area contributed by atoms with Gasteiger partial charge in [-0.15, -0.1) is 0 Å². The molecule has 2 heterocycles. The minimum atomic E-state index is -0.0170. The van der Waals surface area contributed by atoms with E-state index < -0.39 is 0 Å². The third kappa shape index (κ3) is 2.30. The summed E-state index contributed by atoms with van der Waals surface area (Å²) in [6.45, 7) is 3.96. The number of aromatic amines is 1. The molecule has 0 aromatic carbocycles. The van der Waals surface area contributed by atoms with Crippen LogP contribution in [-0.2, 0) is 6.54 Å². The Balaban J connectivity index is 2.04. The standard InChI is InChI=1S/C10H18N4O/c1-12-5-6-13(2)9(7-12)8-14-4-3-11-10(14)15/h3-4,9H,5-8H2,1-2H3,(H,11,15). The number of aromatic nitrogens is 2. The molecule has 1 unspecified atom stereocenters. The molecule has 1 aromatic heterocycles. The van der Waals surface area contributed by atoms with Crippen LogP contribution in [0.15, 0.2) is 17.2 Å². The summed E-state index contributed by atoms with van der Waals surface area (Å²) in [5, 5.41) is 0. The molecule has 0 spiro atoms. The number of hydrogen-bond donors (Lipinski definition) is 1. The summed E-state index contributed by atoms with van der Waals surface area (Å²) >= 11 is 0. The lowest BCUT2D eigenvalue weighted by Gasteiger charge is -2.37. The molecule has 0 amide bonds. The van der Waals surface area contributed by atoms with Gasteiger partial charge in [-0.1, -0.05) is 0 Å². The van der Waals surface area contributed by atoms with E-state index in [-0.39, 0.29) is 5.69 Å². The van der Waals surface area contributed by atoms with Crippen molar-refractivity contribution in [1.82, 2.24) is 19.4 Å². The van der Waals surface area contributed by atoms with Crippen LogP contribution in [-0.4, -0.2) is 59.1 Å². The first kappa shape index (κ1) is 10.4. The van der Waals surface area contributed by atoms with Crippen molar-refractivity contribution >= 4 is 0 Å². The van der Waals surface area contributed by atoms with E-state index in [9.17, 15) is 4.79 Å². The first-order chi connectivity index (χ1) is 7.16. The molecule has 5 heteroatoms. The number of H-pyrrole nitrogens is 1. The highest BCUT2D eigenvalue weighted by atomic mass is 16.1. The second-order valence-corrected chi connectivity index (χ2v) is 4.31. The van der Waals surface area contributed by atoms with E-state index in [1.165, 1.54) is 0 Å². The van der Waals surface area contributed by atoms with Crippen molar-refractivity contribution in [3.63, 3.8) is 0 Å². The number of piperazine rings is 1. The molecule has 1 fully saturated rings. The number of rotatable bonds is 2. The fourth-order valence-corrected chi connectivity index (χ4v) is 2.02. The average molecular weight is 210 g/mol. The molecule has 1 N–H and O–H groups in total. The lowest BCUT2D eigenvalue weighted by Crippen LogP contribution is -2.52. The van der Waals surface area contributed by atoms with Crippen LogP contribution < -0.4 is 5.69 Å². The zero-order valence-corrected chi connectivity index (χ0v) is 9.31. The van der Waals surface area contributed by atoms with Crippen LogP contribution in [0.3, 0.4) is 0 Å². The van der Waals surface area contributed by atoms with E-state index in [0.29, 0.717) is 6.04 Å². The summed E-state index contributed by atoms with van der Waals surface area (Å²) in [5.74, 6) is 0. The van der Waals surface area contributed by atoms with Gasteiger partial charge in [0.05, 0.1) is 0 Å². The van der Waals surface area contributed by atoms with Crippen LogP contribution in [0.1, 0.15) is 0 Å². The van der Waals surface area contributed by atoms with Crippen molar-refractivity contribution in [2.24, 2.45) is 0 Å². The Bertz CT molecular complexity index is 369. The monoisotopic (exact) mass is 210 g/mol. The molecule has 2 rings (SSSR count). The summed E-state index contributed by atoms with van der Waals surface area (Å²) in [7, 11) is 4.25. The van der Waals surface area contributed by atoms with Crippen molar-refractivity contribution in [3.05, 3.63) is 22.9 Å². The normalized spacial score (nSPS) is 24.5. The lowest BCUT2D eigenvalue weighted by molar-refractivity contribution is 0.102. The lowest BCUT2D eigenvalue weighted by atomic mass is 10.2. The molecule has 84 valence electrons. The predicted octanol–water partition coefficient (Wildman–Crippen LogP) is -0.578. The summed E-state index contributed by atoms with van der Waals surface area (Å²) in [5.41, 5.74) is -0.0170. The number of hydrogen-bond acceptors (Lipinski definition) is 3. The molecule has 1 aliphatic rings. The minimum Gasteiger partial charge on any atom is -0.313 e. The van der Waals surface area contributed by atoms with Crippen molar-refractivity contribution in [1.29, 1.82) is 0 Å². The average Bonchev–Trinajstić information content (AvgIpc) is 2.58. The maximum atomic E-state index is 11.4. The molecule has 1 aromatic rings. The van der Waals surface area contributed by atoms with Gasteiger partial charge in [0.15, 0.2) is 0 Å². The smallest absolute Gasteiger partial charge is 0.313 e. The van der Waals surface area contributed by atoms with Gasteiger partial charge < -0.3 is 9.88 Å². The third-order valence-electron chi connectivity index (χ3n) is 3.11. The predicted molar refractivity (Wildman–Crippen MR) is 59.0 cm³/mol. The van der Waals surface area contributed by atoms with Crippen LogP contribution in [0, 0.1) is 0 Å². The van der Waals surface area contributed by atoms with Gasteiger partial charge in [0.1, 0.15) is 0 Å². The van der Waals surface area contributed by atoms with Crippen molar-refractivity contribution < 1.29 is 0 Å². The third-order valence-corrected chi connectivity index (χ3v) is 3.11. The van der Waals surface area contributed by atoms with Gasteiger partial charge in [-0.3, -0.25) is 9.47 Å². The molecule has 0 bridgehead atoms. The van der Waals surface area contributed by atoms with Crippen molar-refractivity contribution in [2.45, 2.75) is 12.6 Å². The molecule has 0 saturated carbocycles. The SMILES string of the molecule is CN1CCN(C)C(Cn2cc[nH]c2=O)C1. The number of imidazole rings is 1. The van der Waals surface area contributed by atoms with E-state index in [0.717, 1.165) is 26.2 Å². The topological polar surface area (TPSA) is 44.3 Å². The second-order valence-electron chi connectivity index (χ2n) is 4.31. The van der Waals surface area contributed by atoms with E-state index >= 15 is 0 Å². The van der Waals surface area contributed by atoms with Gasteiger partial charge in [0.25, 0.3) is 0 Å². The highest BCUT2D eigenvalue weighted by Crippen LogP contribution is 2.07. The number of likely N-dealkylation sites (N-methyl/N-ethyl adjacent to an activating group) is 2. The van der Waals surface area contributed by atoms with E-state index in [4.69, 9.17) is 0 Å². The fraction of sp³-hybridized carbons (Fsp3) is 0.700. The van der Waals surface area contributed by atoms with Gasteiger partial charge in [0.2, 0.25) is 0 Å². The molecule has 0 aliphatic carbocycles. The fourth-order valence-electron chi connectivity index (χ4n) is 2.02. The minimum absolute atomic E-state index is 0.0170. The maximum Gasteiger partial charge on any atom is 0.325 e.